The molecule has 0 bridgehead atoms. The smallest absolute Gasteiger partial charge is 0.271 e. The Bertz CT molecular complexity index is 594. The molecule has 0 spiro atoms. The van der Waals surface area contributed by atoms with Gasteiger partial charge in [0.2, 0.25) is 0 Å². The van der Waals surface area contributed by atoms with Crippen LogP contribution < -0.4 is 4.90 Å². The van der Waals surface area contributed by atoms with E-state index in [1.165, 1.54) is 0 Å². The van der Waals surface area contributed by atoms with E-state index in [-0.39, 0.29) is 5.91 Å². The van der Waals surface area contributed by atoms with Gasteiger partial charge in [0.15, 0.2) is 5.82 Å². The third-order valence-electron chi connectivity index (χ3n) is 3.62. The first-order valence-electron chi connectivity index (χ1n) is 7.08. The number of carbonyl (C=O) groups excluding carboxylic acids is 1. The molecule has 1 aliphatic heterocycles. The summed E-state index contributed by atoms with van der Waals surface area (Å²) < 4.78 is 0. The van der Waals surface area contributed by atoms with E-state index in [9.17, 15) is 4.79 Å². The van der Waals surface area contributed by atoms with Crippen molar-refractivity contribution in [3.8, 4) is 0 Å². The van der Waals surface area contributed by atoms with Crippen molar-refractivity contribution in [3.63, 3.8) is 0 Å². The number of amides is 1. The van der Waals surface area contributed by atoms with Crippen LogP contribution in [0.25, 0.3) is 0 Å². The Labute approximate surface area is 123 Å². The van der Waals surface area contributed by atoms with Crippen LogP contribution in [0.2, 0.25) is 0 Å². The highest BCUT2D eigenvalue weighted by Crippen LogP contribution is 2.14. The lowest BCUT2D eigenvalue weighted by atomic mass is 10.3. The fourth-order valence-electron chi connectivity index (χ4n) is 2.46. The van der Waals surface area contributed by atoms with Gasteiger partial charge in [0.05, 0.1) is 5.69 Å². The molecule has 21 heavy (non-hydrogen) atoms. The maximum atomic E-state index is 12.3. The number of aryl methyl sites for hydroxylation is 1. The van der Waals surface area contributed by atoms with Crippen LogP contribution in [0.4, 0.5) is 5.82 Å². The zero-order valence-electron chi connectivity index (χ0n) is 12.0. The molecule has 3 heterocycles. The summed E-state index contributed by atoms with van der Waals surface area (Å²) in [5.74, 6) is 0.876. The Hall–Kier alpha value is -2.44. The van der Waals surface area contributed by atoms with Crippen molar-refractivity contribution in [1.82, 2.24) is 25.3 Å². The molecule has 1 fully saturated rings. The van der Waals surface area contributed by atoms with Gasteiger partial charge in [-0.05, 0) is 31.5 Å². The van der Waals surface area contributed by atoms with Gasteiger partial charge in [0.25, 0.3) is 5.91 Å². The van der Waals surface area contributed by atoms with Gasteiger partial charge in [-0.2, -0.15) is 10.2 Å². The van der Waals surface area contributed by atoms with Crippen LogP contribution in [-0.2, 0) is 0 Å². The Balaban J connectivity index is 1.66. The lowest BCUT2D eigenvalue weighted by Gasteiger charge is -2.22. The minimum Gasteiger partial charge on any atom is -0.353 e. The van der Waals surface area contributed by atoms with E-state index in [1.54, 1.807) is 12.3 Å². The van der Waals surface area contributed by atoms with E-state index in [0.717, 1.165) is 37.6 Å². The number of carbonyl (C=O) groups is 1. The van der Waals surface area contributed by atoms with E-state index >= 15 is 0 Å². The zero-order chi connectivity index (χ0) is 14.7. The fraction of sp³-hybridized carbons (Fsp3) is 0.429. The second-order valence-electron chi connectivity index (χ2n) is 5.14. The third-order valence-corrected chi connectivity index (χ3v) is 3.62. The van der Waals surface area contributed by atoms with E-state index in [2.05, 4.69) is 25.3 Å². The van der Waals surface area contributed by atoms with Crippen LogP contribution >= 0.6 is 0 Å². The first-order chi connectivity index (χ1) is 10.2. The standard InChI is InChI=1S/C14H18N6O/c1-11-3-4-13(18-16-11)19-7-2-8-20(10-9-19)14(21)12-5-6-15-17-12/h3-6H,2,7-10H2,1H3,(H,15,17). The molecule has 0 radical (unpaired) electrons. The van der Waals surface area contributed by atoms with Crippen LogP contribution in [0, 0.1) is 6.92 Å². The quantitative estimate of drug-likeness (QED) is 0.886. The van der Waals surface area contributed by atoms with Crippen molar-refractivity contribution in [2.75, 3.05) is 31.1 Å². The molecule has 0 aliphatic carbocycles. The highest BCUT2D eigenvalue weighted by molar-refractivity contribution is 5.92. The highest BCUT2D eigenvalue weighted by atomic mass is 16.2. The number of aromatic amines is 1. The van der Waals surface area contributed by atoms with Crippen molar-refractivity contribution in [3.05, 3.63) is 35.8 Å². The Morgan fingerprint density at radius 3 is 2.76 bits per heavy atom. The molecular weight excluding hydrogens is 268 g/mol. The van der Waals surface area contributed by atoms with Crippen molar-refractivity contribution in [2.24, 2.45) is 0 Å². The molecule has 0 atom stereocenters. The maximum absolute atomic E-state index is 12.3. The predicted octanol–water partition coefficient (Wildman–Crippen LogP) is 0.861. The number of hydrogen-bond acceptors (Lipinski definition) is 5. The average Bonchev–Trinajstić information content (AvgIpc) is 2.92. The molecule has 3 rings (SSSR count). The molecule has 7 nitrogen and oxygen atoms in total. The van der Waals surface area contributed by atoms with Crippen molar-refractivity contribution in [2.45, 2.75) is 13.3 Å². The van der Waals surface area contributed by atoms with Crippen LogP contribution in [0.1, 0.15) is 22.6 Å². The minimum atomic E-state index is 0.00402. The number of H-pyrrole nitrogens is 1. The van der Waals surface area contributed by atoms with E-state index in [1.807, 2.05) is 24.0 Å². The largest absolute Gasteiger partial charge is 0.353 e. The van der Waals surface area contributed by atoms with Crippen molar-refractivity contribution < 1.29 is 4.79 Å². The van der Waals surface area contributed by atoms with Gasteiger partial charge >= 0.3 is 0 Å². The number of rotatable bonds is 2. The summed E-state index contributed by atoms with van der Waals surface area (Å²) in [5, 5.41) is 14.9. The van der Waals surface area contributed by atoms with Crippen LogP contribution in [0.5, 0.6) is 0 Å². The molecule has 2 aromatic rings. The van der Waals surface area contributed by atoms with Crippen molar-refractivity contribution in [1.29, 1.82) is 0 Å². The van der Waals surface area contributed by atoms with Gasteiger partial charge in [0.1, 0.15) is 5.69 Å². The lowest BCUT2D eigenvalue weighted by Crippen LogP contribution is -2.35. The SMILES string of the molecule is Cc1ccc(N2CCCN(C(=O)c3ccn[nH]3)CC2)nn1. The normalized spacial score (nSPS) is 15.9. The zero-order valence-corrected chi connectivity index (χ0v) is 12.0. The van der Waals surface area contributed by atoms with Gasteiger partial charge in [-0.3, -0.25) is 9.89 Å². The summed E-state index contributed by atoms with van der Waals surface area (Å²) >= 11 is 0. The van der Waals surface area contributed by atoms with Crippen molar-refractivity contribution >= 4 is 11.7 Å². The molecule has 0 saturated carbocycles. The van der Waals surface area contributed by atoms with Gasteiger partial charge in [0, 0.05) is 32.4 Å². The Morgan fingerprint density at radius 2 is 2.05 bits per heavy atom. The predicted molar refractivity (Wildman–Crippen MR) is 78.1 cm³/mol. The molecule has 2 aromatic heterocycles. The summed E-state index contributed by atoms with van der Waals surface area (Å²) in [6, 6.07) is 5.64. The number of nitrogens with zero attached hydrogens (tertiary/aromatic N) is 5. The first-order valence-corrected chi connectivity index (χ1v) is 7.08. The Kier molecular flexibility index (Phi) is 3.81. The summed E-state index contributed by atoms with van der Waals surface area (Å²) in [5.41, 5.74) is 1.45. The number of aromatic nitrogens is 4. The van der Waals surface area contributed by atoms with Crippen LogP contribution in [0.3, 0.4) is 0 Å². The van der Waals surface area contributed by atoms with Crippen LogP contribution in [-0.4, -0.2) is 57.4 Å². The lowest BCUT2D eigenvalue weighted by molar-refractivity contribution is 0.0761. The average molecular weight is 286 g/mol. The van der Waals surface area contributed by atoms with Gasteiger partial charge in [-0.15, -0.1) is 5.10 Å². The molecule has 0 aromatic carbocycles. The van der Waals surface area contributed by atoms with E-state index in [0.29, 0.717) is 12.2 Å². The molecule has 110 valence electrons. The van der Waals surface area contributed by atoms with Gasteiger partial charge < -0.3 is 9.80 Å². The summed E-state index contributed by atoms with van der Waals surface area (Å²) in [6.45, 7) is 4.98. The second kappa shape index (κ2) is 5.90. The molecule has 1 aliphatic rings. The Morgan fingerprint density at radius 1 is 1.14 bits per heavy atom. The summed E-state index contributed by atoms with van der Waals surface area (Å²) in [4.78, 5) is 16.3. The molecule has 0 unspecified atom stereocenters. The van der Waals surface area contributed by atoms with Gasteiger partial charge in [-0.1, -0.05) is 0 Å². The maximum Gasteiger partial charge on any atom is 0.271 e. The fourth-order valence-corrected chi connectivity index (χ4v) is 2.46. The molecule has 7 heteroatoms. The molecule has 1 amide bonds. The molecule has 1 N–H and O–H groups in total. The van der Waals surface area contributed by atoms with Crippen LogP contribution in [0.15, 0.2) is 24.4 Å². The number of nitrogens with one attached hydrogen (secondary N) is 1. The molecule has 1 saturated heterocycles. The number of anilines is 1. The van der Waals surface area contributed by atoms with E-state index < -0.39 is 0 Å². The third kappa shape index (κ3) is 3.01. The van der Waals surface area contributed by atoms with Gasteiger partial charge in [-0.25, -0.2) is 0 Å². The summed E-state index contributed by atoms with van der Waals surface area (Å²) in [6.07, 6.45) is 2.51. The highest BCUT2D eigenvalue weighted by Gasteiger charge is 2.21. The topological polar surface area (TPSA) is 78.0 Å². The first kappa shape index (κ1) is 13.5. The van der Waals surface area contributed by atoms with E-state index in [4.69, 9.17) is 0 Å². The molecular formula is C14H18N6O. The number of hydrogen-bond donors (Lipinski definition) is 1. The summed E-state index contributed by atoms with van der Waals surface area (Å²) in [7, 11) is 0. The minimum absolute atomic E-state index is 0.00402. The second-order valence-corrected chi connectivity index (χ2v) is 5.14. The monoisotopic (exact) mass is 286 g/mol.